The maximum Gasteiger partial charge on any atom is 0.352 e. The van der Waals surface area contributed by atoms with E-state index in [0.29, 0.717) is 5.95 Å². The number of carbonyl (C=O) groups is 1. The van der Waals surface area contributed by atoms with Crippen LogP contribution in [-0.2, 0) is 4.79 Å². The van der Waals surface area contributed by atoms with E-state index in [9.17, 15) is 4.79 Å². The van der Waals surface area contributed by atoms with E-state index < -0.39 is 5.97 Å². The van der Waals surface area contributed by atoms with E-state index in [1.807, 2.05) is 19.1 Å². The molecular weight excluding hydrogens is 254 g/mol. The highest BCUT2D eigenvalue weighted by molar-refractivity contribution is 7.12. The summed E-state index contributed by atoms with van der Waals surface area (Å²) in [6.07, 6.45) is 1.61. The molecule has 92 valence electrons. The average molecular weight is 263 g/mol. The van der Waals surface area contributed by atoms with Gasteiger partial charge in [0.15, 0.2) is 0 Å². The van der Waals surface area contributed by atoms with E-state index >= 15 is 0 Å². The number of hydrogen-bond donors (Lipinski definition) is 2. The largest absolute Gasteiger partial charge is 0.477 e. The normalized spacial score (nSPS) is 17.8. The number of nitrogens with zero attached hydrogens (tertiary/aromatic N) is 4. The molecule has 1 atom stereocenters. The third-order valence-electron chi connectivity index (χ3n) is 2.61. The van der Waals surface area contributed by atoms with Gasteiger partial charge in [0, 0.05) is 9.75 Å². The SMILES string of the molecule is Cc1ccc(C2C=C(C(=O)O)Nc3nnnn32)s1. The monoisotopic (exact) mass is 263 g/mol. The molecule has 0 aliphatic carbocycles. The minimum Gasteiger partial charge on any atom is -0.477 e. The van der Waals surface area contributed by atoms with Crippen LogP contribution < -0.4 is 5.32 Å². The summed E-state index contributed by atoms with van der Waals surface area (Å²) in [5.41, 5.74) is 0.0911. The van der Waals surface area contributed by atoms with Gasteiger partial charge in [-0.3, -0.25) is 0 Å². The van der Waals surface area contributed by atoms with Crippen molar-refractivity contribution in [2.24, 2.45) is 0 Å². The number of allylic oxidation sites excluding steroid dienone is 1. The van der Waals surface area contributed by atoms with Crippen molar-refractivity contribution in [3.8, 4) is 0 Å². The van der Waals surface area contributed by atoms with E-state index in [-0.39, 0.29) is 11.7 Å². The highest BCUT2D eigenvalue weighted by atomic mass is 32.1. The Bertz CT molecular complexity index is 644. The number of aromatic nitrogens is 4. The van der Waals surface area contributed by atoms with Crippen molar-refractivity contribution in [2.75, 3.05) is 5.32 Å². The fourth-order valence-corrected chi connectivity index (χ4v) is 2.73. The van der Waals surface area contributed by atoms with Crippen LogP contribution in [0.2, 0.25) is 0 Å². The summed E-state index contributed by atoms with van der Waals surface area (Å²) in [7, 11) is 0. The standard InChI is InChI=1S/C10H9N5O2S/c1-5-2-3-8(18-5)7-4-6(9(16)17)11-10-12-13-14-15(7)10/h2-4,7H,1H3,(H,16,17)(H,11,12,14). The first-order valence-corrected chi connectivity index (χ1v) is 6.03. The van der Waals surface area contributed by atoms with Crippen LogP contribution in [0.3, 0.4) is 0 Å². The molecule has 2 aromatic rings. The third-order valence-corrected chi connectivity index (χ3v) is 3.68. The van der Waals surface area contributed by atoms with Crippen LogP contribution in [0.25, 0.3) is 0 Å². The van der Waals surface area contributed by atoms with Gasteiger partial charge >= 0.3 is 5.97 Å². The number of aliphatic carboxylic acids is 1. The Morgan fingerprint density at radius 1 is 1.56 bits per heavy atom. The zero-order valence-corrected chi connectivity index (χ0v) is 10.2. The van der Waals surface area contributed by atoms with E-state index in [1.54, 1.807) is 22.1 Å². The van der Waals surface area contributed by atoms with E-state index in [0.717, 1.165) is 9.75 Å². The summed E-state index contributed by atoms with van der Waals surface area (Å²) in [6.45, 7) is 2.00. The second-order valence-electron chi connectivity index (χ2n) is 3.85. The minimum absolute atomic E-state index is 0.0911. The lowest BCUT2D eigenvalue weighted by Crippen LogP contribution is -2.23. The lowest BCUT2D eigenvalue weighted by atomic mass is 10.2. The summed E-state index contributed by atoms with van der Waals surface area (Å²) in [6, 6.07) is 3.67. The number of nitrogens with one attached hydrogen (secondary N) is 1. The van der Waals surface area contributed by atoms with Crippen LogP contribution in [0, 0.1) is 6.92 Å². The molecule has 0 aromatic carbocycles. The van der Waals surface area contributed by atoms with Crippen molar-refractivity contribution in [3.63, 3.8) is 0 Å². The predicted molar refractivity (Wildman–Crippen MR) is 64.4 cm³/mol. The molecular formula is C10H9N5O2S. The molecule has 0 fully saturated rings. The molecule has 1 aliphatic rings. The van der Waals surface area contributed by atoms with Gasteiger partial charge in [0.1, 0.15) is 11.7 Å². The van der Waals surface area contributed by atoms with Crippen LogP contribution in [0.5, 0.6) is 0 Å². The summed E-state index contributed by atoms with van der Waals surface area (Å²) >= 11 is 1.59. The number of aryl methyl sites for hydroxylation is 1. The maximum atomic E-state index is 11.1. The van der Waals surface area contributed by atoms with Crippen LogP contribution in [0.1, 0.15) is 15.8 Å². The molecule has 0 spiro atoms. The van der Waals surface area contributed by atoms with E-state index in [1.165, 1.54) is 0 Å². The van der Waals surface area contributed by atoms with E-state index in [2.05, 4.69) is 20.8 Å². The van der Waals surface area contributed by atoms with Gasteiger partial charge in [0.2, 0.25) is 5.95 Å². The molecule has 0 saturated heterocycles. The Labute approximate surface area is 106 Å². The number of hydrogen-bond acceptors (Lipinski definition) is 6. The van der Waals surface area contributed by atoms with Gasteiger partial charge in [-0.1, -0.05) is 5.10 Å². The number of carboxylic acids is 1. The van der Waals surface area contributed by atoms with Crippen molar-refractivity contribution in [2.45, 2.75) is 13.0 Å². The van der Waals surface area contributed by atoms with Crippen molar-refractivity contribution >= 4 is 23.3 Å². The lowest BCUT2D eigenvalue weighted by Gasteiger charge is -2.19. The first kappa shape index (κ1) is 10.9. The minimum atomic E-state index is -1.03. The number of rotatable bonds is 2. The Morgan fingerprint density at radius 2 is 2.39 bits per heavy atom. The quantitative estimate of drug-likeness (QED) is 0.840. The Morgan fingerprint density at radius 3 is 3.06 bits per heavy atom. The zero-order valence-electron chi connectivity index (χ0n) is 9.36. The van der Waals surface area contributed by atoms with Gasteiger partial charge in [-0.2, -0.15) is 4.68 Å². The van der Waals surface area contributed by atoms with Crippen LogP contribution in [0.15, 0.2) is 23.9 Å². The van der Waals surface area contributed by atoms with Gasteiger partial charge in [-0.15, -0.1) is 11.3 Å². The maximum absolute atomic E-state index is 11.1. The van der Waals surface area contributed by atoms with Crippen molar-refractivity contribution in [3.05, 3.63) is 33.7 Å². The van der Waals surface area contributed by atoms with Gasteiger partial charge in [0.05, 0.1) is 0 Å². The number of tetrazole rings is 1. The molecule has 3 heterocycles. The molecule has 0 radical (unpaired) electrons. The number of thiophene rings is 1. The molecule has 1 unspecified atom stereocenters. The van der Waals surface area contributed by atoms with Gasteiger partial charge in [0.25, 0.3) is 0 Å². The second kappa shape index (κ2) is 3.91. The predicted octanol–water partition coefficient (Wildman–Crippen LogP) is 1.03. The van der Waals surface area contributed by atoms with Crippen molar-refractivity contribution < 1.29 is 9.90 Å². The zero-order chi connectivity index (χ0) is 12.7. The molecule has 18 heavy (non-hydrogen) atoms. The first-order chi connectivity index (χ1) is 8.65. The molecule has 2 aromatic heterocycles. The number of anilines is 1. The highest BCUT2D eigenvalue weighted by Crippen LogP contribution is 2.31. The number of fused-ring (bicyclic) bond motifs is 1. The second-order valence-corrected chi connectivity index (χ2v) is 5.17. The topological polar surface area (TPSA) is 92.9 Å². The Kier molecular flexibility index (Phi) is 2.37. The van der Waals surface area contributed by atoms with Crippen molar-refractivity contribution in [1.29, 1.82) is 0 Å². The summed E-state index contributed by atoms with van der Waals surface area (Å²) < 4.78 is 1.57. The van der Waals surface area contributed by atoms with Crippen molar-refractivity contribution in [1.82, 2.24) is 20.2 Å². The lowest BCUT2D eigenvalue weighted by molar-refractivity contribution is -0.132. The van der Waals surface area contributed by atoms with Crippen LogP contribution in [0.4, 0.5) is 5.95 Å². The van der Waals surface area contributed by atoms with Crippen LogP contribution in [-0.4, -0.2) is 31.3 Å². The van der Waals surface area contributed by atoms with Gasteiger partial charge in [-0.05, 0) is 35.6 Å². The summed E-state index contributed by atoms with van der Waals surface area (Å²) in [5, 5.41) is 22.9. The average Bonchev–Trinajstić information content (AvgIpc) is 2.95. The van der Waals surface area contributed by atoms with Crippen LogP contribution >= 0.6 is 11.3 Å². The first-order valence-electron chi connectivity index (χ1n) is 5.21. The van der Waals surface area contributed by atoms with E-state index in [4.69, 9.17) is 5.11 Å². The Balaban J connectivity index is 2.10. The van der Waals surface area contributed by atoms with Gasteiger partial charge < -0.3 is 10.4 Å². The molecule has 2 N–H and O–H groups in total. The molecule has 0 saturated carbocycles. The fourth-order valence-electron chi connectivity index (χ4n) is 1.79. The molecule has 1 aliphatic heterocycles. The summed E-state index contributed by atoms with van der Waals surface area (Å²) in [4.78, 5) is 13.2. The molecule has 0 bridgehead atoms. The van der Waals surface area contributed by atoms with Gasteiger partial charge in [-0.25, -0.2) is 4.79 Å². The smallest absolute Gasteiger partial charge is 0.352 e. The third kappa shape index (κ3) is 1.66. The molecule has 0 amide bonds. The Hall–Kier alpha value is -2.22. The fraction of sp³-hybridized carbons (Fsp3) is 0.200. The molecule has 7 nitrogen and oxygen atoms in total. The molecule has 8 heteroatoms. The number of carboxylic acid groups (broad SMARTS) is 1. The summed E-state index contributed by atoms with van der Waals surface area (Å²) in [5.74, 6) is -0.687. The highest BCUT2D eigenvalue weighted by Gasteiger charge is 2.27. The molecule has 3 rings (SSSR count).